The van der Waals surface area contributed by atoms with E-state index in [-0.39, 0.29) is 0 Å². The van der Waals surface area contributed by atoms with Gasteiger partial charge in [0.25, 0.3) is 0 Å². The lowest BCUT2D eigenvalue weighted by Gasteiger charge is -2.16. The molecule has 0 aliphatic rings. The average Bonchev–Trinajstić information content (AvgIpc) is 2.30. The van der Waals surface area contributed by atoms with E-state index in [1.54, 1.807) is 0 Å². The van der Waals surface area contributed by atoms with Crippen LogP contribution in [0.4, 0.5) is 0 Å². The van der Waals surface area contributed by atoms with Crippen LogP contribution in [-0.2, 0) is 6.54 Å². The molecular weight excluding hydrogens is 208 g/mol. The Morgan fingerprint density at radius 2 is 1.88 bits per heavy atom. The molecule has 0 amide bonds. The number of benzene rings is 1. The van der Waals surface area contributed by atoms with Crippen molar-refractivity contribution in [1.82, 2.24) is 4.90 Å². The van der Waals surface area contributed by atoms with Gasteiger partial charge in [0.05, 0.1) is 6.07 Å². The summed E-state index contributed by atoms with van der Waals surface area (Å²) in [6.45, 7) is 6.37. The highest BCUT2D eigenvalue weighted by atomic mass is 15.1. The second-order valence-corrected chi connectivity index (χ2v) is 4.90. The van der Waals surface area contributed by atoms with E-state index in [0.29, 0.717) is 12.3 Å². The molecule has 0 saturated heterocycles. The zero-order valence-electron chi connectivity index (χ0n) is 11.1. The monoisotopic (exact) mass is 230 g/mol. The van der Waals surface area contributed by atoms with Crippen LogP contribution >= 0.6 is 0 Å². The SMILES string of the molecule is CC(C)c1ccc(CN(C)CCCC#N)cc1. The van der Waals surface area contributed by atoms with Gasteiger partial charge in [-0.1, -0.05) is 38.1 Å². The van der Waals surface area contributed by atoms with E-state index in [9.17, 15) is 0 Å². The first-order valence-electron chi connectivity index (χ1n) is 6.28. The van der Waals surface area contributed by atoms with Crippen molar-refractivity contribution >= 4 is 0 Å². The standard InChI is InChI=1S/C15H22N2/c1-13(2)15-8-6-14(7-9-15)12-17(3)11-5-4-10-16/h6-9,13H,4-5,11-12H2,1-3H3. The third kappa shape index (κ3) is 5.01. The van der Waals surface area contributed by atoms with Crippen LogP contribution in [0.1, 0.15) is 43.7 Å². The molecule has 1 aromatic carbocycles. The molecule has 0 heterocycles. The highest BCUT2D eigenvalue weighted by Gasteiger charge is 2.02. The quantitative estimate of drug-likeness (QED) is 0.699. The maximum absolute atomic E-state index is 8.48. The van der Waals surface area contributed by atoms with Gasteiger partial charge in [0, 0.05) is 13.0 Å². The molecule has 1 aromatic rings. The molecule has 0 saturated carbocycles. The zero-order chi connectivity index (χ0) is 12.7. The fourth-order valence-corrected chi connectivity index (χ4v) is 1.83. The lowest BCUT2D eigenvalue weighted by Crippen LogP contribution is -2.18. The Labute approximate surface area is 105 Å². The first-order chi connectivity index (χ1) is 8.13. The fraction of sp³-hybridized carbons (Fsp3) is 0.533. The zero-order valence-corrected chi connectivity index (χ0v) is 11.1. The number of nitriles is 1. The van der Waals surface area contributed by atoms with Crippen molar-refractivity contribution in [2.45, 2.75) is 39.2 Å². The van der Waals surface area contributed by atoms with Gasteiger partial charge in [-0.05, 0) is 37.1 Å². The van der Waals surface area contributed by atoms with Crippen molar-refractivity contribution in [2.75, 3.05) is 13.6 Å². The van der Waals surface area contributed by atoms with Gasteiger partial charge in [0.15, 0.2) is 0 Å². The lowest BCUT2D eigenvalue weighted by molar-refractivity contribution is 0.323. The number of unbranched alkanes of at least 4 members (excludes halogenated alkanes) is 1. The van der Waals surface area contributed by atoms with E-state index >= 15 is 0 Å². The molecule has 0 aromatic heterocycles. The average molecular weight is 230 g/mol. The Morgan fingerprint density at radius 3 is 2.41 bits per heavy atom. The Hall–Kier alpha value is -1.33. The molecule has 2 heteroatoms. The van der Waals surface area contributed by atoms with Crippen LogP contribution < -0.4 is 0 Å². The van der Waals surface area contributed by atoms with Gasteiger partial charge in [-0.25, -0.2) is 0 Å². The molecule has 0 spiro atoms. The first-order valence-corrected chi connectivity index (χ1v) is 6.28. The minimum atomic E-state index is 0.595. The van der Waals surface area contributed by atoms with Gasteiger partial charge in [0.2, 0.25) is 0 Å². The molecule has 17 heavy (non-hydrogen) atoms. The van der Waals surface area contributed by atoms with E-state index in [1.165, 1.54) is 11.1 Å². The van der Waals surface area contributed by atoms with Crippen molar-refractivity contribution in [1.29, 1.82) is 5.26 Å². The Kier molecular flexibility index (Phi) is 5.72. The summed E-state index contributed by atoms with van der Waals surface area (Å²) >= 11 is 0. The van der Waals surface area contributed by atoms with E-state index in [0.717, 1.165) is 19.5 Å². The Morgan fingerprint density at radius 1 is 1.24 bits per heavy atom. The van der Waals surface area contributed by atoms with Gasteiger partial charge in [0.1, 0.15) is 0 Å². The number of hydrogen-bond donors (Lipinski definition) is 0. The lowest BCUT2D eigenvalue weighted by atomic mass is 10.0. The molecule has 0 fully saturated rings. The summed E-state index contributed by atoms with van der Waals surface area (Å²) in [5.41, 5.74) is 2.73. The maximum Gasteiger partial charge on any atom is 0.0622 e. The number of rotatable bonds is 6. The summed E-state index contributed by atoms with van der Waals surface area (Å²) in [7, 11) is 2.10. The first kappa shape index (κ1) is 13.7. The largest absolute Gasteiger partial charge is 0.302 e. The van der Waals surface area contributed by atoms with Crippen LogP contribution in [0.15, 0.2) is 24.3 Å². The second-order valence-electron chi connectivity index (χ2n) is 4.90. The van der Waals surface area contributed by atoms with Crippen LogP contribution in [0.2, 0.25) is 0 Å². The van der Waals surface area contributed by atoms with Crippen LogP contribution in [0, 0.1) is 11.3 Å². The topological polar surface area (TPSA) is 27.0 Å². The molecule has 92 valence electrons. The molecule has 0 aliphatic heterocycles. The third-order valence-electron chi connectivity index (χ3n) is 2.93. The van der Waals surface area contributed by atoms with Gasteiger partial charge < -0.3 is 4.90 Å². The summed E-state index contributed by atoms with van der Waals surface area (Å²) in [6.07, 6.45) is 1.60. The van der Waals surface area contributed by atoms with Gasteiger partial charge in [-0.2, -0.15) is 5.26 Å². The Balaban J connectivity index is 2.43. The summed E-state index contributed by atoms with van der Waals surface area (Å²) in [5, 5.41) is 8.48. The molecule has 0 aliphatic carbocycles. The van der Waals surface area contributed by atoms with Crippen molar-refractivity contribution in [3.8, 4) is 6.07 Å². The van der Waals surface area contributed by atoms with Crippen molar-refractivity contribution in [3.63, 3.8) is 0 Å². The molecule has 0 atom stereocenters. The predicted octanol–water partition coefficient (Wildman–Crippen LogP) is 3.55. The number of hydrogen-bond acceptors (Lipinski definition) is 2. The van der Waals surface area contributed by atoms with Crippen LogP contribution in [0.3, 0.4) is 0 Å². The summed E-state index contributed by atoms with van der Waals surface area (Å²) < 4.78 is 0. The predicted molar refractivity (Wildman–Crippen MR) is 71.7 cm³/mol. The highest BCUT2D eigenvalue weighted by Crippen LogP contribution is 2.15. The fourth-order valence-electron chi connectivity index (χ4n) is 1.83. The van der Waals surface area contributed by atoms with E-state index in [4.69, 9.17) is 5.26 Å². The van der Waals surface area contributed by atoms with E-state index in [2.05, 4.69) is 56.1 Å². The van der Waals surface area contributed by atoms with Crippen molar-refractivity contribution in [2.24, 2.45) is 0 Å². The molecule has 2 nitrogen and oxygen atoms in total. The highest BCUT2D eigenvalue weighted by molar-refractivity contribution is 5.24. The van der Waals surface area contributed by atoms with Gasteiger partial charge in [-0.3, -0.25) is 0 Å². The van der Waals surface area contributed by atoms with Crippen LogP contribution in [0.5, 0.6) is 0 Å². The molecular formula is C15H22N2. The molecule has 1 rings (SSSR count). The van der Waals surface area contributed by atoms with E-state index < -0.39 is 0 Å². The van der Waals surface area contributed by atoms with Crippen molar-refractivity contribution in [3.05, 3.63) is 35.4 Å². The summed E-state index contributed by atoms with van der Waals surface area (Å²) in [5.74, 6) is 0.595. The molecule has 0 radical (unpaired) electrons. The normalized spacial score (nSPS) is 10.8. The second kappa shape index (κ2) is 7.09. The van der Waals surface area contributed by atoms with Crippen molar-refractivity contribution < 1.29 is 0 Å². The van der Waals surface area contributed by atoms with Gasteiger partial charge in [-0.15, -0.1) is 0 Å². The summed E-state index contributed by atoms with van der Waals surface area (Å²) in [6, 6.07) is 11.0. The minimum Gasteiger partial charge on any atom is -0.302 e. The number of nitrogens with zero attached hydrogens (tertiary/aromatic N) is 2. The molecule has 0 N–H and O–H groups in total. The van der Waals surface area contributed by atoms with Crippen LogP contribution in [-0.4, -0.2) is 18.5 Å². The van der Waals surface area contributed by atoms with E-state index in [1.807, 2.05) is 0 Å². The van der Waals surface area contributed by atoms with Crippen LogP contribution in [0.25, 0.3) is 0 Å². The van der Waals surface area contributed by atoms with Gasteiger partial charge >= 0.3 is 0 Å². The smallest absolute Gasteiger partial charge is 0.0622 e. The molecule has 0 bridgehead atoms. The third-order valence-corrected chi connectivity index (χ3v) is 2.93. The minimum absolute atomic E-state index is 0.595. The summed E-state index contributed by atoms with van der Waals surface area (Å²) in [4.78, 5) is 2.27. The maximum atomic E-state index is 8.48. The molecule has 0 unspecified atom stereocenters. The Bertz CT molecular complexity index is 360.